The number of nitrogens with zero attached hydrogens (tertiary/aromatic N) is 1. The summed E-state index contributed by atoms with van der Waals surface area (Å²) in [6.07, 6.45) is 0. The van der Waals surface area contributed by atoms with Crippen LogP contribution in [0, 0.1) is 13.8 Å². The SMILES string of the molecule is Cc1nc(NC(=O)COc2ccc(-c3ccccc3)cc2)sc1C. The van der Waals surface area contributed by atoms with Crippen LogP contribution in [-0.4, -0.2) is 17.5 Å². The molecule has 1 aromatic heterocycles. The molecule has 24 heavy (non-hydrogen) atoms. The molecule has 0 bridgehead atoms. The lowest BCUT2D eigenvalue weighted by molar-refractivity contribution is -0.118. The highest BCUT2D eigenvalue weighted by Crippen LogP contribution is 2.23. The molecule has 0 radical (unpaired) electrons. The van der Waals surface area contributed by atoms with E-state index in [2.05, 4.69) is 22.4 Å². The van der Waals surface area contributed by atoms with Gasteiger partial charge in [0.1, 0.15) is 5.75 Å². The number of benzene rings is 2. The van der Waals surface area contributed by atoms with Crippen LogP contribution in [-0.2, 0) is 4.79 Å². The lowest BCUT2D eigenvalue weighted by Crippen LogP contribution is -2.20. The van der Waals surface area contributed by atoms with Gasteiger partial charge in [0, 0.05) is 4.88 Å². The lowest BCUT2D eigenvalue weighted by atomic mass is 10.1. The summed E-state index contributed by atoms with van der Waals surface area (Å²) < 4.78 is 5.53. The molecule has 0 saturated heterocycles. The Morgan fingerprint density at radius 1 is 1.04 bits per heavy atom. The van der Waals surface area contributed by atoms with E-state index in [9.17, 15) is 4.79 Å². The van der Waals surface area contributed by atoms with Gasteiger partial charge in [-0.05, 0) is 37.1 Å². The minimum atomic E-state index is -0.212. The first-order valence-corrected chi connectivity index (χ1v) is 8.45. The van der Waals surface area contributed by atoms with E-state index in [4.69, 9.17) is 4.74 Å². The van der Waals surface area contributed by atoms with Crippen LogP contribution in [0.5, 0.6) is 5.75 Å². The molecule has 1 N–H and O–H groups in total. The molecule has 0 aliphatic heterocycles. The number of thiazole rings is 1. The molecule has 0 spiro atoms. The van der Waals surface area contributed by atoms with E-state index in [1.165, 1.54) is 11.3 Å². The van der Waals surface area contributed by atoms with Crippen LogP contribution in [0.3, 0.4) is 0 Å². The van der Waals surface area contributed by atoms with E-state index < -0.39 is 0 Å². The zero-order valence-corrected chi connectivity index (χ0v) is 14.4. The summed E-state index contributed by atoms with van der Waals surface area (Å²) in [5.41, 5.74) is 3.20. The Kier molecular flexibility index (Phi) is 4.91. The number of rotatable bonds is 5. The van der Waals surface area contributed by atoms with Crippen molar-refractivity contribution in [3.8, 4) is 16.9 Å². The molecular weight excluding hydrogens is 320 g/mol. The number of ether oxygens (including phenoxy) is 1. The normalized spacial score (nSPS) is 10.4. The summed E-state index contributed by atoms with van der Waals surface area (Å²) in [7, 11) is 0. The minimum Gasteiger partial charge on any atom is -0.484 e. The highest BCUT2D eigenvalue weighted by Gasteiger charge is 2.08. The van der Waals surface area contributed by atoms with Crippen molar-refractivity contribution in [2.24, 2.45) is 0 Å². The standard InChI is InChI=1S/C19H18N2O2S/c1-13-14(2)24-19(20-13)21-18(22)12-23-17-10-8-16(9-11-17)15-6-4-3-5-7-15/h3-11H,12H2,1-2H3,(H,20,21,22). The molecule has 1 amide bonds. The number of amides is 1. The maximum absolute atomic E-state index is 11.9. The van der Waals surface area contributed by atoms with Crippen LogP contribution in [0.2, 0.25) is 0 Å². The van der Waals surface area contributed by atoms with Crippen molar-refractivity contribution >= 4 is 22.4 Å². The van der Waals surface area contributed by atoms with Gasteiger partial charge in [-0.2, -0.15) is 0 Å². The molecule has 0 fully saturated rings. The topological polar surface area (TPSA) is 51.2 Å². The third-order valence-corrected chi connectivity index (χ3v) is 4.59. The Bertz CT molecular complexity index is 807. The second-order valence-corrected chi connectivity index (χ2v) is 6.59. The quantitative estimate of drug-likeness (QED) is 0.748. The summed E-state index contributed by atoms with van der Waals surface area (Å²) in [4.78, 5) is 17.3. The van der Waals surface area contributed by atoms with Gasteiger partial charge < -0.3 is 4.74 Å². The predicted molar refractivity (Wildman–Crippen MR) is 97.6 cm³/mol. The summed E-state index contributed by atoms with van der Waals surface area (Å²) in [5.74, 6) is 0.451. The number of hydrogen-bond acceptors (Lipinski definition) is 4. The van der Waals surface area contributed by atoms with Gasteiger partial charge in [-0.15, -0.1) is 11.3 Å². The Labute approximate surface area is 145 Å². The van der Waals surface area contributed by atoms with Crippen molar-refractivity contribution in [1.82, 2.24) is 4.98 Å². The van der Waals surface area contributed by atoms with Crippen molar-refractivity contribution in [2.75, 3.05) is 11.9 Å². The second-order valence-electron chi connectivity index (χ2n) is 5.39. The first-order valence-electron chi connectivity index (χ1n) is 7.64. The molecule has 0 aliphatic rings. The number of carbonyl (C=O) groups is 1. The summed E-state index contributed by atoms with van der Waals surface area (Å²) in [6, 6.07) is 17.8. The lowest BCUT2D eigenvalue weighted by Gasteiger charge is -2.07. The molecule has 1 heterocycles. The molecule has 0 atom stereocenters. The fourth-order valence-electron chi connectivity index (χ4n) is 2.20. The monoisotopic (exact) mass is 338 g/mol. The van der Waals surface area contributed by atoms with Crippen LogP contribution in [0.4, 0.5) is 5.13 Å². The number of aryl methyl sites for hydroxylation is 2. The van der Waals surface area contributed by atoms with Gasteiger partial charge in [0.05, 0.1) is 5.69 Å². The summed E-state index contributed by atoms with van der Waals surface area (Å²) >= 11 is 1.47. The second kappa shape index (κ2) is 7.27. The van der Waals surface area contributed by atoms with E-state index >= 15 is 0 Å². The maximum Gasteiger partial charge on any atom is 0.264 e. The van der Waals surface area contributed by atoms with Crippen molar-refractivity contribution in [2.45, 2.75) is 13.8 Å². The van der Waals surface area contributed by atoms with Crippen molar-refractivity contribution in [1.29, 1.82) is 0 Å². The van der Waals surface area contributed by atoms with E-state index in [0.29, 0.717) is 10.9 Å². The summed E-state index contributed by atoms with van der Waals surface area (Å²) in [5, 5.41) is 3.36. The average Bonchev–Trinajstić information content (AvgIpc) is 2.92. The average molecular weight is 338 g/mol. The van der Waals surface area contributed by atoms with Crippen molar-refractivity contribution in [3.63, 3.8) is 0 Å². The Hall–Kier alpha value is -2.66. The molecule has 5 heteroatoms. The largest absolute Gasteiger partial charge is 0.484 e. The van der Waals surface area contributed by atoms with Gasteiger partial charge in [0.25, 0.3) is 5.91 Å². The van der Waals surface area contributed by atoms with E-state index in [1.54, 1.807) is 0 Å². The fraction of sp³-hybridized carbons (Fsp3) is 0.158. The molecule has 2 aromatic carbocycles. The zero-order chi connectivity index (χ0) is 16.9. The van der Waals surface area contributed by atoms with Crippen LogP contribution >= 0.6 is 11.3 Å². The fourth-order valence-corrected chi connectivity index (χ4v) is 3.04. The maximum atomic E-state index is 11.9. The van der Waals surface area contributed by atoms with Crippen LogP contribution < -0.4 is 10.1 Å². The molecule has 0 aliphatic carbocycles. The minimum absolute atomic E-state index is 0.0393. The third kappa shape index (κ3) is 4.00. The third-order valence-electron chi connectivity index (χ3n) is 3.61. The van der Waals surface area contributed by atoms with Gasteiger partial charge in [0.2, 0.25) is 0 Å². The smallest absolute Gasteiger partial charge is 0.264 e. The van der Waals surface area contributed by atoms with Crippen LogP contribution in [0.15, 0.2) is 54.6 Å². The number of anilines is 1. The Morgan fingerprint density at radius 2 is 1.71 bits per heavy atom. The number of nitrogens with one attached hydrogen (secondary N) is 1. The molecule has 4 nitrogen and oxygen atoms in total. The Morgan fingerprint density at radius 3 is 2.33 bits per heavy atom. The van der Waals surface area contributed by atoms with E-state index in [-0.39, 0.29) is 12.5 Å². The highest BCUT2D eigenvalue weighted by molar-refractivity contribution is 7.15. The van der Waals surface area contributed by atoms with Gasteiger partial charge in [-0.3, -0.25) is 10.1 Å². The zero-order valence-electron chi connectivity index (χ0n) is 13.6. The molecule has 3 aromatic rings. The van der Waals surface area contributed by atoms with Gasteiger partial charge in [-0.1, -0.05) is 42.5 Å². The molecule has 0 saturated carbocycles. The molecule has 0 unspecified atom stereocenters. The van der Waals surface area contributed by atoms with Gasteiger partial charge in [0.15, 0.2) is 11.7 Å². The van der Waals surface area contributed by atoms with Crippen molar-refractivity contribution in [3.05, 3.63) is 65.2 Å². The van der Waals surface area contributed by atoms with Gasteiger partial charge in [-0.25, -0.2) is 4.98 Å². The number of aromatic nitrogens is 1. The predicted octanol–water partition coefficient (Wildman–Crippen LogP) is 4.44. The first kappa shape index (κ1) is 16.2. The van der Waals surface area contributed by atoms with Crippen LogP contribution in [0.1, 0.15) is 10.6 Å². The molecule has 3 rings (SSSR count). The van der Waals surface area contributed by atoms with Gasteiger partial charge >= 0.3 is 0 Å². The summed E-state index contributed by atoms with van der Waals surface area (Å²) in [6.45, 7) is 3.86. The number of hydrogen-bond donors (Lipinski definition) is 1. The number of carbonyl (C=O) groups excluding carboxylic acids is 1. The molecular formula is C19H18N2O2S. The molecule has 122 valence electrons. The Balaban J connectivity index is 1.55. The first-order chi connectivity index (χ1) is 11.6. The van der Waals surface area contributed by atoms with E-state index in [0.717, 1.165) is 21.7 Å². The van der Waals surface area contributed by atoms with Crippen LogP contribution in [0.25, 0.3) is 11.1 Å². The van der Waals surface area contributed by atoms with Crippen molar-refractivity contribution < 1.29 is 9.53 Å². The van der Waals surface area contributed by atoms with E-state index in [1.807, 2.05) is 56.3 Å². The highest BCUT2D eigenvalue weighted by atomic mass is 32.1.